The minimum atomic E-state index is -3.72. The summed E-state index contributed by atoms with van der Waals surface area (Å²) in [5, 5.41) is 16.1. The van der Waals surface area contributed by atoms with E-state index in [1.165, 1.54) is 12.1 Å². The molecule has 0 aromatic heterocycles. The largest absolute Gasteiger partial charge is 0.444 e. The lowest BCUT2D eigenvalue weighted by Crippen LogP contribution is -2.45. The van der Waals surface area contributed by atoms with Gasteiger partial charge in [-0.05, 0) is 63.4 Å². The van der Waals surface area contributed by atoms with Gasteiger partial charge in [-0.3, -0.25) is 4.79 Å². The fourth-order valence-electron chi connectivity index (χ4n) is 2.99. The third-order valence-corrected chi connectivity index (χ3v) is 6.49. The van der Waals surface area contributed by atoms with E-state index in [1.54, 1.807) is 63.2 Å². The molecule has 0 heterocycles. The van der Waals surface area contributed by atoms with Crippen LogP contribution in [0, 0.1) is 5.92 Å². The molecule has 4 N–H and O–H groups in total. The molecule has 0 bridgehead atoms. The van der Waals surface area contributed by atoms with Gasteiger partial charge in [-0.25, -0.2) is 9.00 Å². The van der Waals surface area contributed by atoms with Gasteiger partial charge in [0, 0.05) is 10.7 Å². The van der Waals surface area contributed by atoms with Crippen LogP contribution in [0.3, 0.4) is 0 Å². The van der Waals surface area contributed by atoms with E-state index in [0.29, 0.717) is 5.69 Å². The number of carbonyl (C=O) groups excluding carboxylic acids is 2. The third-order valence-electron chi connectivity index (χ3n) is 4.38. The monoisotopic (exact) mass is 524 g/mol. The number of carbonyl (C=O) groups is 2. The van der Waals surface area contributed by atoms with Crippen molar-refractivity contribution in [1.82, 2.24) is 10.0 Å². The quantitative estimate of drug-likeness (QED) is 0.357. The molecular formula is C24H33ClN4O5S. The molecule has 2 amide bonds. The van der Waals surface area contributed by atoms with Crippen LogP contribution < -0.4 is 15.4 Å². The molecule has 11 heteroatoms. The highest BCUT2D eigenvalue weighted by Crippen LogP contribution is 2.19. The van der Waals surface area contributed by atoms with Crippen molar-refractivity contribution in [3.8, 4) is 0 Å². The Morgan fingerprint density at radius 2 is 1.77 bits per heavy atom. The van der Waals surface area contributed by atoms with E-state index in [-0.39, 0.29) is 22.3 Å². The van der Waals surface area contributed by atoms with Crippen LogP contribution in [-0.4, -0.2) is 39.3 Å². The number of para-hydroxylation sites is 1. The summed E-state index contributed by atoms with van der Waals surface area (Å²) in [5.41, 5.74) is -0.216. The van der Waals surface area contributed by atoms with Gasteiger partial charge in [-0.15, -0.1) is 4.36 Å². The predicted octanol–water partition coefficient (Wildman–Crippen LogP) is 4.53. The first-order valence-corrected chi connectivity index (χ1v) is 13.0. The van der Waals surface area contributed by atoms with E-state index in [0.717, 1.165) is 0 Å². The Balaban J connectivity index is 2.41. The van der Waals surface area contributed by atoms with E-state index >= 15 is 0 Å². The second-order valence-electron chi connectivity index (χ2n) is 9.27. The summed E-state index contributed by atoms with van der Waals surface area (Å²) >= 11 is 6.08. The van der Waals surface area contributed by atoms with Gasteiger partial charge in [0.25, 0.3) is 5.91 Å². The lowest BCUT2D eigenvalue weighted by Gasteiger charge is -2.24. The minimum Gasteiger partial charge on any atom is -0.444 e. The molecule has 0 saturated carbocycles. The number of nitrogens with zero attached hydrogens (tertiary/aromatic N) is 1. The molecule has 2 unspecified atom stereocenters. The summed E-state index contributed by atoms with van der Waals surface area (Å²) in [4.78, 5) is 25.6. The third kappa shape index (κ3) is 9.85. The van der Waals surface area contributed by atoms with Crippen molar-refractivity contribution in [2.45, 2.75) is 63.9 Å². The lowest BCUT2D eigenvalue weighted by molar-refractivity contribution is -0.120. The summed E-state index contributed by atoms with van der Waals surface area (Å²) < 4.78 is 25.7. The van der Waals surface area contributed by atoms with Crippen molar-refractivity contribution in [3.63, 3.8) is 0 Å². The number of amides is 2. The van der Waals surface area contributed by atoms with E-state index in [9.17, 15) is 18.9 Å². The molecule has 2 aromatic carbocycles. The normalized spacial score (nSPS) is 15.0. The first kappa shape index (κ1) is 28.6. The minimum absolute atomic E-state index is 0.00889. The molecule has 3 atom stereocenters. The molecule has 0 saturated heterocycles. The summed E-state index contributed by atoms with van der Waals surface area (Å²) in [6, 6.07) is 13.7. The Hall–Kier alpha value is -2.66. The number of ether oxygens (including phenoxy) is 1. The van der Waals surface area contributed by atoms with Crippen molar-refractivity contribution in [1.29, 1.82) is 0 Å². The maximum absolute atomic E-state index is 14.0. The molecular weight excluding hydrogens is 492 g/mol. The number of hydrogen-bond acceptors (Lipinski definition) is 6. The zero-order chi connectivity index (χ0) is 26.2. The molecule has 0 aliphatic rings. The zero-order valence-electron chi connectivity index (χ0n) is 20.4. The van der Waals surface area contributed by atoms with Gasteiger partial charge in [0.15, 0.2) is 6.35 Å². The molecule has 192 valence electrons. The molecule has 0 aliphatic heterocycles. The highest BCUT2D eigenvalue weighted by atomic mass is 35.5. The molecule has 0 radical (unpaired) electrons. The second kappa shape index (κ2) is 12.3. The van der Waals surface area contributed by atoms with Gasteiger partial charge in [0.05, 0.1) is 4.90 Å². The molecule has 9 nitrogen and oxygen atoms in total. The SMILES string of the molecule is CC(C)C[C@H](NC(=O)OC(C)(C)C)C(=O)N=S(=O)(NC(O)Nc1ccccc1)c1cccc(Cl)c1. The average Bonchev–Trinajstić information content (AvgIpc) is 2.72. The number of aliphatic hydroxyl groups is 1. The number of anilines is 1. The highest BCUT2D eigenvalue weighted by molar-refractivity contribution is 7.92. The topological polar surface area (TPSA) is 129 Å². The van der Waals surface area contributed by atoms with Crippen LogP contribution in [0.5, 0.6) is 0 Å². The van der Waals surface area contributed by atoms with Crippen molar-refractivity contribution in [2.24, 2.45) is 10.3 Å². The molecule has 0 aliphatic carbocycles. The van der Waals surface area contributed by atoms with E-state index < -0.39 is 39.9 Å². The fourth-order valence-corrected chi connectivity index (χ4v) is 4.83. The van der Waals surface area contributed by atoms with Crippen LogP contribution >= 0.6 is 11.6 Å². The standard InChI is InChI=1S/C24H33ClN4O5S/c1-16(2)14-20(27-23(32)34-24(3,4)5)21(30)28-35(33,19-13-9-10-17(25)15-19)29-22(31)26-18-11-7-6-8-12-18/h6-13,15-16,20,22,26,31H,14H2,1-5H3,(H,27,32)(H,28,29,30,33)/t20-,22?,35?/m0/s1. The molecule has 0 spiro atoms. The van der Waals surface area contributed by atoms with Crippen molar-refractivity contribution in [3.05, 3.63) is 59.6 Å². The van der Waals surface area contributed by atoms with Crippen LogP contribution in [0.4, 0.5) is 10.5 Å². The number of halogens is 1. The first-order valence-electron chi connectivity index (χ1n) is 11.1. The van der Waals surface area contributed by atoms with Gasteiger partial charge < -0.3 is 20.5 Å². The Morgan fingerprint density at radius 3 is 2.34 bits per heavy atom. The van der Waals surface area contributed by atoms with Gasteiger partial charge in [0.1, 0.15) is 21.6 Å². The second-order valence-corrected chi connectivity index (χ2v) is 11.6. The Kier molecular flexibility index (Phi) is 10.1. The highest BCUT2D eigenvalue weighted by Gasteiger charge is 2.28. The zero-order valence-corrected chi connectivity index (χ0v) is 22.0. The summed E-state index contributed by atoms with van der Waals surface area (Å²) in [5.74, 6) is -0.830. The smallest absolute Gasteiger partial charge is 0.408 e. The lowest BCUT2D eigenvalue weighted by atomic mass is 10.0. The van der Waals surface area contributed by atoms with E-state index in [1.807, 2.05) is 13.8 Å². The number of rotatable bonds is 9. The van der Waals surface area contributed by atoms with Crippen LogP contribution in [0.25, 0.3) is 0 Å². The van der Waals surface area contributed by atoms with Crippen molar-refractivity contribution < 1.29 is 23.6 Å². The molecule has 2 aromatic rings. The number of aliphatic hydroxyl groups excluding tert-OH is 1. The summed E-state index contributed by atoms with van der Waals surface area (Å²) in [7, 11) is -3.72. The first-order chi connectivity index (χ1) is 16.3. The Labute approximate surface area is 211 Å². The van der Waals surface area contributed by atoms with Gasteiger partial charge in [-0.2, -0.15) is 4.72 Å². The van der Waals surface area contributed by atoms with Gasteiger partial charge in [0.2, 0.25) is 0 Å². The average molecular weight is 525 g/mol. The van der Waals surface area contributed by atoms with Crippen LogP contribution in [0.2, 0.25) is 5.02 Å². The van der Waals surface area contributed by atoms with Gasteiger partial charge in [-0.1, -0.05) is 49.7 Å². The number of alkyl carbamates (subject to hydrolysis) is 1. The van der Waals surface area contributed by atoms with E-state index in [2.05, 4.69) is 19.7 Å². The number of benzene rings is 2. The molecule has 35 heavy (non-hydrogen) atoms. The molecule has 2 rings (SSSR count). The van der Waals surface area contributed by atoms with Gasteiger partial charge >= 0.3 is 6.09 Å². The van der Waals surface area contributed by atoms with Crippen molar-refractivity contribution >= 4 is 39.2 Å². The number of nitrogens with one attached hydrogen (secondary N) is 3. The van der Waals surface area contributed by atoms with Crippen LogP contribution in [0.1, 0.15) is 41.0 Å². The van der Waals surface area contributed by atoms with Crippen LogP contribution in [-0.2, 0) is 19.4 Å². The summed E-state index contributed by atoms with van der Waals surface area (Å²) in [6.07, 6.45) is -2.08. The van der Waals surface area contributed by atoms with Crippen molar-refractivity contribution in [2.75, 3.05) is 5.32 Å². The molecule has 0 fully saturated rings. The fraction of sp³-hybridized carbons (Fsp3) is 0.417. The van der Waals surface area contributed by atoms with Crippen LogP contribution in [0.15, 0.2) is 63.9 Å². The Morgan fingerprint density at radius 1 is 1.11 bits per heavy atom. The predicted molar refractivity (Wildman–Crippen MR) is 137 cm³/mol. The van der Waals surface area contributed by atoms with E-state index in [4.69, 9.17) is 16.3 Å². The summed E-state index contributed by atoms with van der Waals surface area (Å²) in [6.45, 7) is 8.85. The maximum atomic E-state index is 14.0. The Bertz CT molecular complexity index is 1130. The maximum Gasteiger partial charge on any atom is 0.408 e. The number of hydrogen-bond donors (Lipinski definition) is 4.